The molecule has 29 heavy (non-hydrogen) atoms. The number of aryl methyl sites for hydroxylation is 1. The van der Waals surface area contributed by atoms with Crippen LogP contribution in [0.1, 0.15) is 23.5 Å². The highest BCUT2D eigenvalue weighted by molar-refractivity contribution is 7.92. The van der Waals surface area contributed by atoms with Crippen LogP contribution in [0, 0.1) is 12.8 Å². The minimum Gasteiger partial charge on any atom is -0.494 e. The summed E-state index contributed by atoms with van der Waals surface area (Å²) in [5, 5.41) is 6.08. The summed E-state index contributed by atoms with van der Waals surface area (Å²) in [5.74, 6) is 0.268. The quantitative estimate of drug-likeness (QED) is 0.689. The van der Waals surface area contributed by atoms with Gasteiger partial charge < -0.3 is 10.1 Å². The minimum atomic E-state index is -3.42. The number of aromatic nitrogens is 1. The van der Waals surface area contributed by atoms with Gasteiger partial charge in [-0.15, -0.1) is 11.3 Å². The van der Waals surface area contributed by atoms with E-state index in [2.05, 4.69) is 25.3 Å². The topological polar surface area (TPSA) is 101 Å². The number of rotatable bonds is 7. The summed E-state index contributed by atoms with van der Waals surface area (Å²) in [6, 6.07) is 4.85. The fraction of sp³-hybridized carbons (Fsp3) is 0.474. The molecule has 0 radical (unpaired) electrons. The van der Waals surface area contributed by atoms with Gasteiger partial charge in [-0.05, 0) is 45.0 Å². The lowest BCUT2D eigenvalue weighted by atomic mass is 9.95. The van der Waals surface area contributed by atoms with Crippen LogP contribution in [0.15, 0.2) is 23.6 Å². The molecule has 0 aliphatic carbocycles. The SMILES string of the molecule is COc1cc(NC(=O)C2CCN(Cc3csc(C)n3)CC2)ccc1NS(C)(=O)=O. The summed E-state index contributed by atoms with van der Waals surface area (Å²) in [6.07, 6.45) is 2.66. The van der Waals surface area contributed by atoms with Crippen molar-refractivity contribution in [2.45, 2.75) is 26.3 Å². The van der Waals surface area contributed by atoms with Gasteiger partial charge in [-0.1, -0.05) is 0 Å². The third-order valence-electron chi connectivity index (χ3n) is 4.77. The van der Waals surface area contributed by atoms with Crippen molar-refractivity contribution in [1.82, 2.24) is 9.88 Å². The molecule has 1 amide bonds. The number of carbonyl (C=O) groups excluding carboxylic acids is 1. The summed E-state index contributed by atoms with van der Waals surface area (Å²) in [5.41, 5.74) is 2.00. The van der Waals surface area contributed by atoms with Gasteiger partial charge in [0, 0.05) is 29.6 Å². The largest absolute Gasteiger partial charge is 0.494 e. The predicted molar refractivity (Wildman–Crippen MR) is 115 cm³/mol. The van der Waals surface area contributed by atoms with Crippen molar-refractivity contribution >= 4 is 38.6 Å². The third-order valence-corrected chi connectivity index (χ3v) is 6.19. The number of sulfonamides is 1. The molecule has 3 rings (SSSR count). The number of piperidine rings is 1. The Morgan fingerprint density at radius 1 is 1.34 bits per heavy atom. The predicted octanol–water partition coefficient (Wildman–Crippen LogP) is 2.68. The van der Waals surface area contributed by atoms with Gasteiger partial charge in [0.1, 0.15) is 5.75 Å². The molecule has 2 N–H and O–H groups in total. The molecule has 1 aromatic carbocycles. The smallest absolute Gasteiger partial charge is 0.229 e. The van der Waals surface area contributed by atoms with E-state index in [-0.39, 0.29) is 11.8 Å². The lowest BCUT2D eigenvalue weighted by Gasteiger charge is -2.30. The van der Waals surface area contributed by atoms with Crippen LogP contribution in [-0.2, 0) is 21.4 Å². The summed E-state index contributed by atoms with van der Waals surface area (Å²) in [6.45, 7) is 4.54. The first-order valence-corrected chi connectivity index (χ1v) is 12.1. The number of benzene rings is 1. The van der Waals surface area contributed by atoms with Crippen molar-refractivity contribution < 1.29 is 17.9 Å². The summed E-state index contributed by atoms with van der Waals surface area (Å²) in [7, 11) is -1.96. The Morgan fingerprint density at radius 2 is 2.07 bits per heavy atom. The number of nitrogens with one attached hydrogen (secondary N) is 2. The molecular weight excluding hydrogens is 412 g/mol. The number of methoxy groups -OCH3 is 1. The van der Waals surface area contributed by atoms with Crippen LogP contribution in [0.2, 0.25) is 0 Å². The Kier molecular flexibility index (Phi) is 6.76. The molecule has 8 nitrogen and oxygen atoms in total. The number of thiazole rings is 1. The molecule has 0 saturated carbocycles. The van der Waals surface area contributed by atoms with E-state index in [0.717, 1.165) is 49.4 Å². The second-order valence-electron chi connectivity index (χ2n) is 7.19. The van der Waals surface area contributed by atoms with E-state index in [1.165, 1.54) is 7.11 Å². The average Bonchev–Trinajstić information content (AvgIpc) is 3.07. The lowest BCUT2D eigenvalue weighted by Crippen LogP contribution is -2.37. The van der Waals surface area contributed by atoms with Crippen LogP contribution >= 0.6 is 11.3 Å². The Hall–Kier alpha value is -2.17. The van der Waals surface area contributed by atoms with Crippen molar-refractivity contribution in [1.29, 1.82) is 0 Å². The minimum absolute atomic E-state index is 0.0278. The third kappa shape index (κ3) is 6.15. The molecule has 1 fully saturated rings. The number of hydrogen-bond acceptors (Lipinski definition) is 7. The van der Waals surface area contributed by atoms with Crippen molar-refractivity contribution in [3.63, 3.8) is 0 Å². The van der Waals surface area contributed by atoms with Crippen LogP contribution in [0.5, 0.6) is 5.75 Å². The molecule has 1 aromatic heterocycles. The first-order chi connectivity index (χ1) is 13.7. The first kappa shape index (κ1) is 21.5. The molecule has 0 bridgehead atoms. The van der Waals surface area contributed by atoms with E-state index in [9.17, 15) is 13.2 Å². The van der Waals surface area contributed by atoms with E-state index in [1.54, 1.807) is 29.5 Å². The summed E-state index contributed by atoms with van der Waals surface area (Å²) >= 11 is 1.66. The van der Waals surface area contributed by atoms with Crippen LogP contribution in [0.25, 0.3) is 0 Å². The Bertz CT molecular complexity index is 966. The van der Waals surface area contributed by atoms with Gasteiger partial charge in [-0.2, -0.15) is 0 Å². The number of hydrogen-bond donors (Lipinski definition) is 2. The molecule has 2 heterocycles. The Labute approximate surface area is 175 Å². The maximum Gasteiger partial charge on any atom is 0.229 e. The highest BCUT2D eigenvalue weighted by Gasteiger charge is 2.25. The van der Waals surface area contributed by atoms with Gasteiger partial charge >= 0.3 is 0 Å². The van der Waals surface area contributed by atoms with E-state index in [1.807, 2.05) is 6.92 Å². The van der Waals surface area contributed by atoms with Gasteiger partial charge in [0.15, 0.2) is 0 Å². The fourth-order valence-corrected chi connectivity index (χ4v) is 4.53. The zero-order chi connectivity index (χ0) is 21.0. The second kappa shape index (κ2) is 9.10. The first-order valence-electron chi connectivity index (χ1n) is 9.33. The molecule has 158 valence electrons. The molecule has 2 aromatic rings. The monoisotopic (exact) mass is 438 g/mol. The molecule has 0 atom stereocenters. The van der Waals surface area contributed by atoms with Crippen molar-refractivity contribution in [2.24, 2.45) is 5.92 Å². The van der Waals surface area contributed by atoms with E-state index in [4.69, 9.17) is 4.74 Å². The zero-order valence-corrected chi connectivity index (χ0v) is 18.4. The van der Waals surface area contributed by atoms with Crippen molar-refractivity contribution in [3.8, 4) is 5.75 Å². The van der Waals surface area contributed by atoms with Crippen LogP contribution in [-0.4, -0.2) is 50.7 Å². The van der Waals surface area contributed by atoms with E-state index < -0.39 is 10.0 Å². The average molecular weight is 439 g/mol. The highest BCUT2D eigenvalue weighted by Crippen LogP contribution is 2.29. The second-order valence-corrected chi connectivity index (χ2v) is 10.00. The van der Waals surface area contributed by atoms with Crippen LogP contribution in [0.4, 0.5) is 11.4 Å². The molecule has 1 saturated heterocycles. The molecule has 0 unspecified atom stereocenters. The Morgan fingerprint density at radius 3 is 2.66 bits per heavy atom. The molecular formula is C19H26N4O4S2. The molecule has 0 spiro atoms. The molecule has 10 heteroatoms. The standard InChI is InChI=1S/C19H26N4O4S2/c1-13-20-16(12-28-13)11-23-8-6-14(7-9-23)19(24)21-15-4-5-17(18(10-15)27-2)22-29(3,25)26/h4-5,10,12,14,22H,6-9,11H2,1-3H3,(H,21,24). The lowest BCUT2D eigenvalue weighted by molar-refractivity contribution is -0.121. The van der Waals surface area contributed by atoms with Gasteiger partial charge in [-0.25, -0.2) is 13.4 Å². The highest BCUT2D eigenvalue weighted by atomic mass is 32.2. The maximum atomic E-state index is 12.7. The zero-order valence-electron chi connectivity index (χ0n) is 16.8. The van der Waals surface area contributed by atoms with Gasteiger partial charge in [-0.3, -0.25) is 14.4 Å². The number of amides is 1. The number of likely N-dealkylation sites (tertiary alicyclic amines) is 1. The van der Waals surface area contributed by atoms with Crippen molar-refractivity contribution in [2.75, 3.05) is 36.5 Å². The Balaban J connectivity index is 1.55. The maximum absolute atomic E-state index is 12.7. The number of anilines is 2. The molecule has 1 aliphatic rings. The molecule has 1 aliphatic heterocycles. The van der Waals surface area contributed by atoms with Crippen molar-refractivity contribution in [3.05, 3.63) is 34.3 Å². The number of carbonyl (C=O) groups is 1. The number of nitrogens with zero attached hydrogens (tertiary/aromatic N) is 2. The van der Waals surface area contributed by atoms with Gasteiger partial charge in [0.05, 0.1) is 29.8 Å². The summed E-state index contributed by atoms with van der Waals surface area (Å²) < 4.78 is 30.5. The number of ether oxygens (including phenoxy) is 1. The summed E-state index contributed by atoms with van der Waals surface area (Å²) in [4.78, 5) is 19.5. The van der Waals surface area contributed by atoms with E-state index >= 15 is 0 Å². The van der Waals surface area contributed by atoms with Crippen LogP contribution < -0.4 is 14.8 Å². The fourth-order valence-electron chi connectivity index (χ4n) is 3.36. The normalized spacial score (nSPS) is 15.8. The van der Waals surface area contributed by atoms with Gasteiger partial charge in [0.25, 0.3) is 0 Å². The van der Waals surface area contributed by atoms with Gasteiger partial charge in [0.2, 0.25) is 15.9 Å². The van der Waals surface area contributed by atoms with E-state index in [0.29, 0.717) is 17.1 Å². The van der Waals surface area contributed by atoms with Crippen LogP contribution in [0.3, 0.4) is 0 Å².